The smallest absolute Gasteiger partial charge is 0.383 e. The van der Waals surface area contributed by atoms with Crippen molar-refractivity contribution in [1.29, 1.82) is 0 Å². The largest absolute Gasteiger partial charge is 0.425 e. The van der Waals surface area contributed by atoms with Crippen molar-refractivity contribution in [3.8, 4) is 12.0 Å². The minimum absolute atomic E-state index is 0.111. The number of carbonyl (C=O) groups is 2. The van der Waals surface area contributed by atoms with Crippen LogP contribution in [0.15, 0.2) is 122 Å². The summed E-state index contributed by atoms with van der Waals surface area (Å²) in [5.41, 5.74) is 2.05. The van der Waals surface area contributed by atoms with E-state index in [1.807, 2.05) is 84.9 Å². The number of aromatic nitrogens is 4. The number of ether oxygens (including phenoxy) is 4. The predicted molar refractivity (Wildman–Crippen MR) is 214 cm³/mol. The zero-order valence-corrected chi connectivity index (χ0v) is 34.1. The summed E-state index contributed by atoms with van der Waals surface area (Å²) < 4.78 is 31.4. The number of hydrogen-bond acceptors (Lipinski definition) is 8. The number of imidazole rings is 2. The number of benzene rings is 4. The molecule has 8 rings (SSSR count). The third kappa shape index (κ3) is 5.97. The zero-order chi connectivity index (χ0) is 34.6. The van der Waals surface area contributed by atoms with Gasteiger partial charge in [-0.2, -0.15) is 0 Å². The molecule has 14 heteroatoms. The molecule has 50 heavy (non-hydrogen) atoms. The number of nitrogens with zero attached hydrogens (tertiary/aromatic N) is 4. The van der Waals surface area contributed by atoms with Crippen LogP contribution in [0.5, 0.6) is 12.0 Å². The average Bonchev–Trinajstić information content (AvgIpc) is 3.91. The van der Waals surface area contributed by atoms with Crippen molar-refractivity contribution in [3.05, 3.63) is 158 Å². The van der Waals surface area contributed by atoms with Gasteiger partial charge in [0.1, 0.15) is 0 Å². The number of rotatable bonds is 8. The Morgan fingerprint density at radius 1 is 0.600 bits per heavy atom. The van der Waals surface area contributed by atoms with Gasteiger partial charge in [-0.25, -0.2) is 19.6 Å². The van der Waals surface area contributed by atoms with Crippen LogP contribution in [-0.4, -0.2) is 31.0 Å². The Bertz CT molecular complexity index is 2110. The van der Waals surface area contributed by atoms with Crippen LogP contribution in [0, 0.1) is 14.3 Å². The normalized spacial score (nSPS) is 22.2. The Labute approximate surface area is 340 Å². The lowest BCUT2D eigenvalue weighted by atomic mass is 9.90. The summed E-state index contributed by atoms with van der Waals surface area (Å²) in [4.78, 5) is 34.9. The first-order valence-corrected chi connectivity index (χ1v) is 19.4. The molecule has 2 fully saturated rings. The summed E-state index contributed by atoms with van der Waals surface area (Å²) in [6.07, 6.45) is 5.07. The molecule has 0 N–H and O–H groups in total. The number of epoxide rings is 2. The van der Waals surface area contributed by atoms with E-state index in [0.717, 1.165) is 36.5 Å². The molecular weight excluding hydrogens is 1090 g/mol. The van der Waals surface area contributed by atoms with Gasteiger partial charge in [0.2, 0.25) is 0 Å². The molecule has 250 valence electrons. The molecule has 0 amide bonds. The van der Waals surface area contributed by atoms with Crippen LogP contribution in [0.3, 0.4) is 0 Å². The van der Waals surface area contributed by atoms with Crippen LogP contribution >= 0.6 is 90.4 Å². The highest BCUT2D eigenvalue weighted by Gasteiger charge is 2.63. The van der Waals surface area contributed by atoms with E-state index in [2.05, 4.69) is 112 Å². The van der Waals surface area contributed by atoms with Gasteiger partial charge in [-0.15, -0.1) is 0 Å². The monoisotopic (exact) mass is 1110 g/mol. The second-order valence-electron chi connectivity index (χ2n) is 11.4. The summed E-state index contributed by atoms with van der Waals surface area (Å²) >= 11 is 9.16. The van der Waals surface area contributed by atoms with E-state index in [1.54, 1.807) is 21.5 Å². The number of carbonyl (C=O) groups excluding carboxylic acids is 2. The van der Waals surface area contributed by atoms with E-state index in [1.165, 1.54) is 12.4 Å². The highest BCUT2D eigenvalue weighted by Crippen LogP contribution is 2.61. The minimum atomic E-state index is -1.26. The Morgan fingerprint density at radius 2 is 1.00 bits per heavy atom. The maximum absolute atomic E-state index is 13.2. The third-order valence-corrected chi connectivity index (χ3v) is 11.7. The molecule has 2 aliphatic heterocycles. The second-order valence-corrected chi connectivity index (χ2v) is 16.2. The van der Waals surface area contributed by atoms with Crippen molar-refractivity contribution in [1.82, 2.24) is 19.1 Å². The Kier molecular flexibility index (Phi) is 9.27. The van der Waals surface area contributed by atoms with Crippen LogP contribution in [0.25, 0.3) is 0 Å². The van der Waals surface area contributed by atoms with Crippen molar-refractivity contribution >= 4 is 102 Å². The van der Waals surface area contributed by atoms with Crippen LogP contribution < -0.4 is 9.47 Å². The minimum Gasteiger partial charge on any atom is -0.383 e. The fraction of sp³-hybridized carbons (Fsp3) is 0.111. The van der Waals surface area contributed by atoms with E-state index < -0.39 is 35.6 Å². The molecule has 2 aliphatic rings. The molecule has 4 aromatic carbocycles. The molecule has 0 bridgehead atoms. The van der Waals surface area contributed by atoms with Crippen LogP contribution in [0.4, 0.5) is 0 Å². The van der Waals surface area contributed by atoms with Gasteiger partial charge in [0, 0.05) is 50.2 Å². The molecule has 0 radical (unpaired) electrons. The van der Waals surface area contributed by atoms with E-state index in [-0.39, 0.29) is 12.0 Å². The van der Waals surface area contributed by atoms with Crippen molar-refractivity contribution in [2.75, 3.05) is 0 Å². The Hall–Kier alpha value is -2.92. The molecule has 10 nitrogen and oxygen atoms in total. The number of esters is 2. The molecule has 0 saturated carbocycles. The van der Waals surface area contributed by atoms with E-state index in [0.29, 0.717) is 0 Å². The van der Waals surface area contributed by atoms with Crippen molar-refractivity contribution in [2.24, 2.45) is 0 Å². The van der Waals surface area contributed by atoms with Gasteiger partial charge >= 0.3 is 24.0 Å². The summed E-state index contributed by atoms with van der Waals surface area (Å²) in [6, 6.07) is 31.7. The lowest BCUT2D eigenvalue weighted by Crippen LogP contribution is -2.28. The van der Waals surface area contributed by atoms with Crippen LogP contribution in [-0.2, 0) is 30.3 Å². The van der Waals surface area contributed by atoms with E-state index in [4.69, 9.17) is 18.9 Å². The van der Waals surface area contributed by atoms with Gasteiger partial charge in [0.05, 0.1) is 0 Å². The Morgan fingerprint density at radius 3 is 1.38 bits per heavy atom. The molecular formula is C36H22I4N4O6. The van der Waals surface area contributed by atoms with Crippen molar-refractivity contribution in [3.63, 3.8) is 0 Å². The van der Waals surface area contributed by atoms with Crippen molar-refractivity contribution in [2.45, 2.75) is 23.7 Å². The quantitative estimate of drug-likeness (QED) is 0.0654. The molecule has 4 atom stereocenters. The maximum atomic E-state index is 13.2. The fourth-order valence-electron chi connectivity index (χ4n) is 6.23. The summed E-state index contributed by atoms with van der Waals surface area (Å²) in [7, 11) is 0. The van der Waals surface area contributed by atoms with Crippen LogP contribution in [0.2, 0.25) is 0 Å². The first-order chi connectivity index (χ1) is 24.2. The highest BCUT2D eigenvalue weighted by molar-refractivity contribution is 14.1. The summed E-state index contributed by atoms with van der Waals surface area (Å²) in [5.74, 6) is -2.53. The van der Waals surface area contributed by atoms with E-state index >= 15 is 0 Å². The standard InChI is InChI=1S/C36H22I4N4O6/c37-23-11-13-25(27(39)19-23)35(21-7-3-1-4-8-21)31(49-35)43-17-15-41-33(43)47-29(45)30(46)48-34-42-16-18-44(34)32-36(50-32,22-9-5-2-6-10-22)26-14-12-24(38)20-28(26)40/h1-20,31-32H. The van der Waals surface area contributed by atoms with Gasteiger partial charge in [0.25, 0.3) is 0 Å². The summed E-state index contributed by atoms with van der Waals surface area (Å²) in [5, 5.41) is 0. The first-order valence-electron chi connectivity index (χ1n) is 15.1. The molecule has 4 heterocycles. The lowest BCUT2D eigenvalue weighted by Gasteiger charge is -2.17. The molecule has 4 unspecified atom stereocenters. The van der Waals surface area contributed by atoms with E-state index in [9.17, 15) is 9.59 Å². The molecule has 0 aliphatic carbocycles. The third-order valence-electron chi connectivity index (χ3n) is 8.55. The SMILES string of the molecule is O=C(Oc1nccn1C1OC1(c1ccccc1)c1ccc(I)cc1I)C(=O)Oc1nccn1C1OC1(c1ccccc1)c1ccc(I)cc1I. The Balaban J connectivity index is 1.03. The van der Waals surface area contributed by atoms with Crippen molar-refractivity contribution < 1.29 is 28.5 Å². The van der Waals surface area contributed by atoms with Gasteiger partial charge < -0.3 is 18.9 Å². The van der Waals surface area contributed by atoms with Gasteiger partial charge in [-0.3, -0.25) is 9.13 Å². The lowest BCUT2D eigenvalue weighted by molar-refractivity contribution is -0.157. The highest BCUT2D eigenvalue weighted by atomic mass is 127. The fourth-order valence-corrected chi connectivity index (χ4v) is 10.2. The average molecular weight is 1110 g/mol. The van der Waals surface area contributed by atoms with Gasteiger partial charge in [-0.1, -0.05) is 72.8 Å². The van der Waals surface area contributed by atoms with Gasteiger partial charge in [-0.05, 0) is 126 Å². The molecule has 6 aromatic rings. The number of hydrogen-bond donors (Lipinski definition) is 0. The predicted octanol–water partition coefficient (Wildman–Crippen LogP) is 7.95. The zero-order valence-electron chi connectivity index (χ0n) is 25.5. The second kappa shape index (κ2) is 13.6. The maximum Gasteiger partial charge on any atom is 0.425 e. The summed E-state index contributed by atoms with van der Waals surface area (Å²) in [6.45, 7) is 0. The topological polar surface area (TPSA) is 113 Å². The molecule has 0 spiro atoms. The molecule has 2 saturated heterocycles. The van der Waals surface area contributed by atoms with Gasteiger partial charge in [0.15, 0.2) is 23.7 Å². The molecule has 2 aromatic heterocycles. The van der Waals surface area contributed by atoms with Crippen LogP contribution in [0.1, 0.15) is 34.7 Å². The first kappa shape index (κ1) is 34.2. The number of halogens is 4.